The van der Waals surface area contributed by atoms with Gasteiger partial charge in [0.1, 0.15) is 17.1 Å². The first kappa shape index (κ1) is 21.9. The molecule has 0 saturated carbocycles. The molecule has 0 bridgehead atoms. The van der Waals surface area contributed by atoms with Gasteiger partial charge in [0.2, 0.25) is 5.91 Å². The van der Waals surface area contributed by atoms with Crippen LogP contribution in [0.4, 0.5) is 4.39 Å². The Kier molecular flexibility index (Phi) is 5.07. The van der Waals surface area contributed by atoms with Crippen LogP contribution in [0.25, 0.3) is 16.9 Å². The lowest BCUT2D eigenvalue weighted by Gasteiger charge is -2.43. The number of carbonyl (C=O) groups is 2. The lowest BCUT2D eigenvalue weighted by atomic mass is 9.87. The van der Waals surface area contributed by atoms with Crippen molar-refractivity contribution in [3.63, 3.8) is 0 Å². The molecule has 0 spiro atoms. The number of benzene rings is 1. The SMILES string of the molecule is CC1CN(C(=O)c2cn3nc(-c4ccc(F)cc4)cc(C(C)(C)C)c3n2)C(C)(C)C(=O)N1. The first-order chi connectivity index (χ1) is 14.9. The summed E-state index contributed by atoms with van der Waals surface area (Å²) in [5, 5.41) is 7.54. The van der Waals surface area contributed by atoms with Gasteiger partial charge < -0.3 is 10.2 Å². The van der Waals surface area contributed by atoms with E-state index in [2.05, 4.69) is 36.2 Å². The predicted octanol–water partition coefficient (Wildman–Crippen LogP) is 3.57. The lowest BCUT2D eigenvalue weighted by molar-refractivity contribution is -0.134. The van der Waals surface area contributed by atoms with Crippen molar-refractivity contribution in [2.24, 2.45) is 0 Å². The third-order valence-corrected chi connectivity index (χ3v) is 5.90. The van der Waals surface area contributed by atoms with Gasteiger partial charge in [-0.15, -0.1) is 0 Å². The summed E-state index contributed by atoms with van der Waals surface area (Å²) in [4.78, 5) is 32.1. The first-order valence-electron chi connectivity index (χ1n) is 10.7. The number of halogens is 1. The molecule has 168 valence electrons. The molecule has 2 aromatic heterocycles. The molecule has 1 aliphatic heterocycles. The van der Waals surface area contributed by atoms with Gasteiger partial charge in [-0.05, 0) is 56.5 Å². The third-order valence-electron chi connectivity index (χ3n) is 5.90. The third kappa shape index (κ3) is 3.74. The molecule has 4 rings (SSSR count). The first-order valence-corrected chi connectivity index (χ1v) is 10.7. The second-order valence-corrected chi connectivity index (χ2v) is 9.94. The van der Waals surface area contributed by atoms with E-state index in [9.17, 15) is 14.0 Å². The van der Waals surface area contributed by atoms with Crippen molar-refractivity contribution in [2.75, 3.05) is 6.54 Å². The molecule has 3 heterocycles. The van der Waals surface area contributed by atoms with E-state index in [0.29, 0.717) is 17.9 Å². The number of nitrogens with zero attached hydrogens (tertiary/aromatic N) is 4. The second-order valence-electron chi connectivity index (χ2n) is 9.94. The van der Waals surface area contributed by atoms with Gasteiger partial charge in [-0.2, -0.15) is 5.10 Å². The summed E-state index contributed by atoms with van der Waals surface area (Å²) in [6.07, 6.45) is 1.60. The summed E-state index contributed by atoms with van der Waals surface area (Å²) in [5.41, 5.74) is 1.89. The van der Waals surface area contributed by atoms with E-state index < -0.39 is 5.54 Å². The van der Waals surface area contributed by atoms with Gasteiger partial charge in [-0.25, -0.2) is 13.9 Å². The van der Waals surface area contributed by atoms with E-state index >= 15 is 0 Å². The summed E-state index contributed by atoms with van der Waals surface area (Å²) in [6.45, 7) is 11.9. The maximum atomic E-state index is 13.4. The standard InChI is InChI=1S/C24H28FN5O2/c1-14-12-29(24(5,6)22(32)26-14)21(31)19-13-30-20(27-19)17(23(2,3)4)11-18(28-30)15-7-9-16(25)10-8-15/h7-11,13-14H,12H2,1-6H3,(H,26,32). The van der Waals surface area contributed by atoms with Gasteiger partial charge in [0, 0.05) is 23.7 Å². The van der Waals surface area contributed by atoms with Crippen LogP contribution in [-0.4, -0.2) is 49.4 Å². The zero-order chi connectivity index (χ0) is 23.4. The Labute approximate surface area is 186 Å². The molecular weight excluding hydrogens is 409 g/mol. The van der Waals surface area contributed by atoms with Gasteiger partial charge in [0.05, 0.1) is 11.9 Å². The van der Waals surface area contributed by atoms with Crippen molar-refractivity contribution in [3.05, 3.63) is 53.6 Å². The van der Waals surface area contributed by atoms with Crippen LogP contribution in [0.3, 0.4) is 0 Å². The lowest BCUT2D eigenvalue weighted by Crippen LogP contribution is -2.66. The maximum absolute atomic E-state index is 13.4. The molecule has 1 aromatic carbocycles. The Morgan fingerprint density at radius 2 is 1.88 bits per heavy atom. The van der Waals surface area contributed by atoms with Crippen LogP contribution in [0, 0.1) is 5.82 Å². The van der Waals surface area contributed by atoms with Crippen LogP contribution in [-0.2, 0) is 10.2 Å². The molecular formula is C24H28FN5O2. The van der Waals surface area contributed by atoms with Crippen LogP contribution in [0.5, 0.6) is 0 Å². The normalized spacial score (nSPS) is 18.7. The molecule has 32 heavy (non-hydrogen) atoms. The number of aromatic nitrogens is 3. The van der Waals surface area contributed by atoms with Crippen LogP contribution < -0.4 is 5.32 Å². The van der Waals surface area contributed by atoms with Crippen molar-refractivity contribution in [2.45, 2.75) is 58.5 Å². The Bertz CT molecular complexity index is 1210. The molecule has 3 aromatic rings. The van der Waals surface area contributed by atoms with Crippen molar-refractivity contribution in [3.8, 4) is 11.3 Å². The molecule has 0 aliphatic carbocycles. The molecule has 7 nitrogen and oxygen atoms in total. The molecule has 1 unspecified atom stereocenters. The van der Waals surface area contributed by atoms with Crippen molar-refractivity contribution >= 4 is 17.5 Å². The number of nitrogens with one attached hydrogen (secondary N) is 1. The molecule has 1 atom stereocenters. The Morgan fingerprint density at radius 3 is 2.50 bits per heavy atom. The number of hydrogen-bond acceptors (Lipinski definition) is 4. The highest BCUT2D eigenvalue weighted by atomic mass is 19.1. The Balaban J connectivity index is 1.83. The van der Waals surface area contributed by atoms with Gasteiger partial charge in [-0.3, -0.25) is 9.59 Å². The van der Waals surface area contributed by atoms with E-state index in [1.54, 1.807) is 41.6 Å². The molecule has 1 aliphatic rings. The molecule has 1 saturated heterocycles. The fourth-order valence-corrected chi connectivity index (χ4v) is 3.94. The van der Waals surface area contributed by atoms with Gasteiger partial charge in [0.25, 0.3) is 5.91 Å². The van der Waals surface area contributed by atoms with Crippen LogP contribution in [0.15, 0.2) is 36.5 Å². The maximum Gasteiger partial charge on any atom is 0.275 e. The topological polar surface area (TPSA) is 79.6 Å². The van der Waals surface area contributed by atoms with E-state index in [1.165, 1.54) is 12.1 Å². The number of fused-ring (bicyclic) bond motifs is 1. The molecule has 0 radical (unpaired) electrons. The largest absolute Gasteiger partial charge is 0.350 e. The van der Waals surface area contributed by atoms with E-state index in [4.69, 9.17) is 0 Å². The van der Waals surface area contributed by atoms with Gasteiger partial charge in [0.15, 0.2) is 5.65 Å². The van der Waals surface area contributed by atoms with E-state index in [0.717, 1.165) is 11.1 Å². The summed E-state index contributed by atoms with van der Waals surface area (Å²) in [5.74, 6) is -0.824. The van der Waals surface area contributed by atoms with Gasteiger partial charge in [-0.1, -0.05) is 20.8 Å². The highest BCUT2D eigenvalue weighted by molar-refractivity contribution is 5.99. The number of carbonyl (C=O) groups excluding carboxylic acids is 2. The average Bonchev–Trinajstić information content (AvgIpc) is 3.13. The highest BCUT2D eigenvalue weighted by Gasteiger charge is 2.43. The summed E-state index contributed by atoms with van der Waals surface area (Å²) >= 11 is 0. The number of rotatable bonds is 2. The van der Waals surface area contributed by atoms with Crippen LogP contribution in [0.2, 0.25) is 0 Å². The minimum Gasteiger partial charge on any atom is -0.350 e. The molecule has 1 fully saturated rings. The number of hydrogen-bond donors (Lipinski definition) is 1. The molecule has 1 N–H and O–H groups in total. The summed E-state index contributed by atoms with van der Waals surface area (Å²) in [6, 6.07) is 7.93. The minimum atomic E-state index is -0.987. The number of amides is 2. The smallest absolute Gasteiger partial charge is 0.275 e. The number of imidazole rings is 1. The quantitative estimate of drug-likeness (QED) is 0.665. The van der Waals surface area contributed by atoms with Crippen molar-refractivity contribution < 1.29 is 14.0 Å². The average molecular weight is 438 g/mol. The Hall–Kier alpha value is -3.29. The summed E-state index contributed by atoms with van der Waals surface area (Å²) in [7, 11) is 0. The fourth-order valence-electron chi connectivity index (χ4n) is 3.94. The fraction of sp³-hybridized carbons (Fsp3) is 0.417. The van der Waals surface area contributed by atoms with Crippen LogP contribution in [0.1, 0.15) is 57.6 Å². The summed E-state index contributed by atoms with van der Waals surface area (Å²) < 4.78 is 15.0. The second kappa shape index (κ2) is 7.39. The number of piperazine rings is 1. The van der Waals surface area contributed by atoms with E-state index in [-0.39, 0.29) is 34.8 Å². The minimum absolute atomic E-state index is 0.148. The van der Waals surface area contributed by atoms with Crippen molar-refractivity contribution in [1.29, 1.82) is 0 Å². The van der Waals surface area contributed by atoms with Crippen molar-refractivity contribution in [1.82, 2.24) is 24.8 Å². The van der Waals surface area contributed by atoms with Gasteiger partial charge >= 0.3 is 0 Å². The monoisotopic (exact) mass is 437 g/mol. The zero-order valence-corrected chi connectivity index (χ0v) is 19.2. The van der Waals surface area contributed by atoms with Crippen LogP contribution >= 0.6 is 0 Å². The Morgan fingerprint density at radius 1 is 1.22 bits per heavy atom. The highest BCUT2D eigenvalue weighted by Crippen LogP contribution is 2.30. The zero-order valence-electron chi connectivity index (χ0n) is 19.2. The van der Waals surface area contributed by atoms with E-state index in [1.807, 2.05) is 13.0 Å². The molecule has 2 amide bonds. The predicted molar refractivity (Wildman–Crippen MR) is 120 cm³/mol. The molecule has 8 heteroatoms.